The largest absolute Gasteiger partial charge is 0.356 e. The van der Waals surface area contributed by atoms with Crippen molar-refractivity contribution in [2.45, 2.75) is 26.2 Å². The number of nitrogens with zero attached hydrogens (tertiary/aromatic N) is 1. The van der Waals surface area contributed by atoms with Crippen LogP contribution in [0.25, 0.3) is 0 Å². The van der Waals surface area contributed by atoms with Gasteiger partial charge in [0.1, 0.15) is 6.54 Å². The summed E-state index contributed by atoms with van der Waals surface area (Å²) in [5, 5.41) is 8.18. The number of amides is 4. The Morgan fingerprint density at radius 3 is 2.65 bits per heavy atom. The number of hydrogen-bond acceptors (Lipinski definition) is 4. The van der Waals surface area contributed by atoms with Gasteiger partial charge in [-0.25, -0.2) is 0 Å². The van der Waals surface area contributed by atoms with E-state index in [-0.39, 0.29) is 56.0 Å². The molecule has 31 heavy (non-hydrogen) atoms. The van der Waals surface area contributed by atoms with Gasteiger partial charge in [-0.15, -0.1) is 0 Å². The molecule has 0 fully saturated rings. The zero-order chi connectivity index (χ0) is 22.4. The van der Waals surface area contributed by atoms with E-state index >= 15 is 0 Å². The average molecular weight is 487 g/mol. The van der Waals surface area contributed by atoms with E-state index in [2.05, 4.69) is 31.9 Å². The fourth-order valence-corrected chi connectivity index (χ4v) is 3.52. The fraction of sp³-hybridized carbons (Fsp3) is 0.273. The summed E-state index contributed by atoms with van der Waals surface area (Å²) in [5.74, 6) is -1.12. The van der Waals surface area contributed by atoms with E-state index < -0.39 is 0 Å². The lowest BCUT2D eigenvalue weighted by molar-refractivity contribution is -0.125. The molecule has 0 aromatic heterocycles. The topological polar surface area (TPSA) is 108 Å². The minimum Gasteiger partial charge on any atom is -0.356 e. The first kappa shape index (κ1) is 22.5. The summed E-state index contributed by atoms with van der Waals surface area (Å²) < 4.78 is 0.861. The third kappa shape index (κ3) is 6.14. The number of carbonyl (C=O) groups excluding carboxylic acids is 4. The second-order valence-electron chi connectivity index (χ2n) is 7.15. The molecule has 0 unspecified atom stereocenters. The molecular weight excluding hydrogens is 464 g/mol. The molecule has 1 heterocycles. The van der Waals surface area contributed by atoms with Crippen LogP contribution in [0.3, 0.4) is 0 Å². The smallest absolute Gasteiger partial charge is 0.244 e. The molecule has 3 rings (SSSR count). The highest BCUT2D eigenvalue weighted by Gasteiger charge is 2.26. The predicted octanol–water partition coefficient (Wildman–Crippen LogP) is 2.97. The Hall–Kier alpha value is -3.20. The van der Waals surface area contributed by atoms with Gasteiger partial charge in [-0.1, -0.05) is 34.1 Å². The van der Waals surface area contributed by atoms with Crippen molar-refractivity contribution >= 4 is 56.6 Å². The van der Waals surface area contributed by atoms with Gasteiger partial charge in [-0.05, 0) is 36.8 Å². The number of anilines is 3. The molecule has 0 radical (unpaired) electrons. The third-order valence-electron chi connectivity index (χ3n) is 4.79. The van der Waals surface area contributed by atoms with Crippen LogP contribution >= 0.6 is 15.9 Å². The van der Waals surface area contributed by atoms with E-state index in [1.54, 1.807) is 24.3 Å². The molecule has 162 valence electrons. The minimum absolute atomic E-state index is 0.0223. The normalized spacial score (nSPS) is 12.6. The van der Waals surface area contributed by atoms with Crippen molar-refractivity contribution in [2.24, 2.45) is 0 Å². The molecule has 8 nitrogen and oxygen atoms in total. The van der Waals surface area contributed by atoms with Crippen LogP contribution in [0, 0.1) is 6.92 Å². The van der Waals surface area contributed by atoms with Crippen LogP contribution in [-0.4, -0.2) is 36.7 Å². The quantitative estimate of drug-likeness (QED) is 0.558. The van der Waals surface area contributed by atoms with E-state index in [9.17, 15) is 19.2 Å². The van der Waals surface area contributed by atoms with Crippen LogP contribution in [0.15, 0.2) is 46.9 Å². The van der Waals surface area contributed by atoms with E-state index in [0.717, 1.165) is 10.0 Å². The molecule has 0 saturated heterocycles. The first-order chi connectivity index (χ1) is 14.8. The zero-order valence-electron chi connectivity index (χ0n) is 17.0. The summed E-state index contributed by atoms with van der Waals surface area (Å²) in [6.07, 6.45) is 0.0632. The van der Waals surface area contributed by atoms with Crippen molar-refractivity contribution < 1.29 is 19.2 Å². The number of rotatable bonds is 7. The van der Waals surface area contributed by atoms with Crippen molar-refractivity contribution in [1.29, 1.82) is 0 Å². The molecule has 0 atom stereocenters. The van der Waals surface area contributed by atoms with Gasteiger partial charge in [0.2, 0.25) is 23.6 Å². The Kier molecular flexibility index (Phi) is 7.41. The molecule has 4 amide bonds. The highest BCUT2D eigenvalue weighted by molar-refractivity contribution is 9.10. The number of fused-ring (bicyclic) bond motifs is 1. The average Bonchev–Trinajstić information content (AvgIpc) is 2.74. The molecule has 0 bridgehead atoms. The lowest BCUT2D eigenvalue weighted by atomic mass is 10.1. The lowest BCUT2D eigenvalue weighted by Gasteiger charge is -2.29. The van der Waals surface area contributed by atoms with Gasteiger partial charge in [0.05, 0.1) is 11.4 Å². The summed E-state index contributed by atoms with van der Waals surface area (Å²) in [6, 6.07) is 12.6. The first-order valence-electron chi connectivity index (χ1n) is 9.85. The molecule has 0 spiro atoms. The maximum atomic E-state index is 12.6. The van der Waals surface area contributed by atoms with Crippen LogP contribution in [0.4, 0.5) is 17.1 Å². The van der Waals surface area contributed by atoms with Gasteiger partial charge in [0.15, 0.2) is 0 Å². The van der Waals surface area contributed by atoms with E-state index in [0.29, 0.717) is 17.1 Å². The van der Waals surface area contributed by atoms with Crippen LogP contribution in [0.2, 0.25) is 0 Å². The predicted molar refractivity (Wildman–Crippen MR) is 122 cm³/mol. The summed E-state index contributed by atoms with van der Waals surface area (Å²) in [7, 11) is 0. The van der Waals surface area contributed by atoms with Gasteiger partial charge < -0.3 is 20.9 Å². The number of nitrogens with one attached hydrogen (secondary N) is 3. The Morgan fingerprint density at radius 2 is 1.84 bits per heavy atom. The van der Waals surface area contributed by atoms with Crippen LogP contribution in [0.5, 0.6) is 0 Å². The van der Waals surface area contributed by atoms with Crippen molar-refractivity contribution in [3.63, 3.8) is 0 Å². The van der Waals surface area contributed by atoms with Gasteiger partial charge in [-0.2, -0.15) is 0 Å². The molecule has 2 aromatic rings. The standard InChI is InChI=1S/C22H23BrN4O4/c1-14-6-7-15(23)12-17(14)26-20(29)10-11-24-19(28)8-9-22(31)27-13-21(30)25-16-4-2-3-5-18(16)27/h2-7,12H,8-11,13H2,1H3,(H,24,28)(H,25,30)(H,26,29). The Labute approximate surface area is 188 Å². The Balaban J connectivity index is 1.42. The van der Waals surface area contributed by atoms with Gasteiger partial charge in [0, 0.05) is 36.0 Å². The van der Waals surface area contributed by atoms with Crippen LogP contribution in [-0.2, 0) is 19.2 Å². The first-order valence-corrected chi connectivity index (χ1v) is 10.6. The van der Waals surface area contributed by atoms with Crippen molar-refractivity contribution in [3.8, 4) is 0 Å². The number of carbonyl (C=O) groups is 4. The molecule has 0 saturated carbocycles. The molecule has 9 heteroatoms. The Bertz CT molecular complexity index is 1020. The number of aryl methyl sites for hydroxylation is 1. The van der Waals surface area contributed by atoms with E-state index in [1.165, 1.54) is 4.90 Å². The van der Waals surface area contributed by atoms with Gasteiger partial charge in [0.25, 0.3) is 0 Å². The second kappa shape index (κ2) is 10.2. The molecule has 2 aromatic carbocycles. The highest BCUT2D eigenvalue weighted by Crippen LogP contribution is 2.29. The van der Waals surface area contributed by atoms with Gasteiger partial charge in [-0.3, -0.25) is 19.2 Å². The summed E-state index contributed by atoms with van der Waals surface area (Å²) in [4.78, 5) is 49.9. The van der Waals surface area contributed by atoms with E-state index in [1.807, 2.05) is 25.1 Å². The maximum absolute atomic E-state index is 12.6. The molecular formula is C22H23BrN4O4. The van der Waals surface area contributed by atoms with Gasteiger partial charge >= 0.3 is 0 Å². The van der Waals surface area contributed by atoms with Crippen molar-refractivity contribution in [1.82, 2.24) is 5.32 Å². The van der Waals surface area contributed by atoms with E-state index in [4.69, 9.17) is 0 Å². The number of halogens is 1. The molecule has 3 N–H and O–H groups in total. The lowest BCUT2D eigenvalue weighted by Crippen LogP contribution is -2.42. The minimum atomic E-state index is -0.325. The summed E-state index contributed by atoms with van der Waals surface area (Å²) in [5.41, 5.74) is 2.84. The van der Waals surface area contributed by atoms with Crippen molar-refractivity contribution in [2.75, 3.05) is 28.6 Å². The number of hydrogen-bond donors (Lipinski definition) is 3. The monoisotopic (exact) mass is 486 g/mol. The number of benzene rings is 2. The fourth-order valence-electron chi connectivity index (χ4n) is 3.16. The summed E-state index contributed by atoms with van der Waals surface area (Å²) in [6.45, 7) is 1.98. The molecule has 0 aliphatic carbocycles. The molecule has 1 aliphatic heterocycles. The highest BCUT2D eigenvalue weighted by atomic mass is 79.9. The third-order valence-corrected chi connectivity index (χ3v) is 5.28. The summed E-state index contributed by atoms with van der Waals surface area (Å²) >= 11 is 3.37. The molecule has 1 aliphatic rings. The van der Waals surface area contributed by atoms with Crippen LogP contribution in [0.1, 0.15) is 24.8 Å². The second-order valence-corrected chi connectivity index (χ2v) is 8.07. The Morgan fingerprint density at radius 1 is 1.06 bits per heavy atom. The zero-order valence-corrected chi connectivity index (χ0v) is 18.6. The maximum Gasteiger partial charge on any atom is 0.244 e. The van der Waals surface area contributed by atoms with Crippen molar-refractivity contribution in [3.05, 3.63) is 52.5 Å². The number of para-hydroxylation sites is 2. The van der Waals surface area contributed by atoms with Crippen LogP contribution < -0.4 is 20.9 Å². The SMILES string of the molecule is Cc1ccc(Br)cc1NC(=O)CCNC(=O)CCC(=O)N1CC(=O)Nc2ccccc21.